The number of ether oxygens (including phenoxy) is 6. The zero-order chi connectivity index (χ0) is 25.3. The molecule has 2 saturated heterocycles. The lowest BCUT2D eigenvalue weighted by Gasteiger charge is -2.36. The Balaban J connectivity index is 1.75. The predicted molar refractivity (Wildman–Crippen MR) is 124 cm³/mol. The largest absolute Gasteiger partial charge is 0.466 e. The summed E-state index contributed by atoms with van der Waals surface area (Å²) >= 11 is 0. The van der Waals surface area contributed by atoms with E-state index in [0.717, 1.165) is 5.56 Å². The number of allylic oxidation sites excluding steroid dienone is 2. The van der Waals surface area contributed by atoms with Crippen LogP contribution in [0.15, 0.2) is 52.9 Å². The number of methoxy groups -OCH3 is 1. The molecule has 3 heterocycles. The molecule has 1 N–H and O–H groups in total. The Morgan fingerprint density at radius 2 is 1.66 bits per heavy atom. The van der Waals surface area contributed by atoms with Gasteiger partial charge in [0.15, 0.2) is 12.1 Å². The van der Waals surface area contributed by atoms with Crippen molar-refractivity contribution in [3.63, 3.8) is 0 Å². The highest BCUT2D eigenvalue weighted by atomic mass is 16.8. The Morgan fingerprint density at radius 1 is 1.00 bits per heavy atom. The van der Waals surface area contributed by atoms with Gasteiger partial charge in [-0.25, -0.2) is 9.59 Å². The molecule has 3 aliphatic heterocycles. The van der Waals surface area contributed by atoms with Gasteiger partial charge in [-0.15, -0.1) is 0 Å². The molecular formula is C26H33NO8. The summed E-state index contributed by atoms with van der Waals surface area (Å²) in [6, 6.07) is 9.72. The molecule has 9 nitrogen and oxygen atoms in total. The lowest BCUT2D eigenvalue weighted by molar-refractivity contribution is -0.223. The van der Waals surface area contributed by atoms with Crippen LogP contribution in [-0.4, -0.2) is 56.0 Å². The second-order valence-electron chi connectivity index (χ2n) is 9.22. The first kappa shape index (κ1) is 25.4. The molecular weight excluding hydrogens is 454 g/mol. The van der Waals surface area contributed by atoms with Crippen molar-refractivity contribution in [3.8, 4) is 0 Å². The molecule has 0 aliphatic carbocycles. The van der Waals surface area contributed by atoms with Gasteiger partial charge in [0, 0.05) is 11.4 Å². The standard InChI is InChI=1S/C26H33NO8/c1-7-31-24(29)18-15(3)27-14(2)17(23(28)30-6)19(18)20-21(32-13-16-11-9-8-10-12-16)22-25(33-20)35-26(4,5)34-22/h8-12,19-22,25,27H,7,13H2,1-6H3/t19-,20+,21-,22+,25+/m0/s1. The average molecular weight is 488 g/mol. The lowest BCUT2D eigenvalue weighted by atomic mass is 9.79. The van der Waals surface area contributed by atoms with Crippen molar-refractivity contribution in [2.45, 2.75) is 71.6 Å². The van der Waals surface area contributed by atoms with E-state index in [4.69, 9.17) is 28.4 Å². The Labute approximate surface area is 205 Å². The summed E-state index contributed by atoms with van der Waals surface area (Å²) in [5.41, 5.74) is 2.67. The molecule has 4 rings (SSSR count). The van der Waals surface area contributed by atoms with E-state index in [2.05, 4.69) is 5.32 Å². The number of carbonyl (C=O) groups excluding carboxylic acids is 2. The van der Waals surface area contributed by atoms with E-state index >= 15 is 0 Å². The van der Waals surface area contributed by atoms with Crippen LogP contribution in [0.25, 0.3) is 0 Å². The zero-order valence-electron chi connectivity index (χ0n) is 21.0. The monoisotopic (exact) mass is 487 g/mol. The molecule has 0 spiro atoms. The number of carbonyl (C=O) groups is 2. The number of hydrogen-bond donors (Lipinski definition) is 1. The highest BCUT2D eigenvalue weighted by Crippen LogP contribution is 2.46. The molecule has 190 valence electrons. The molecule has 5 atom stereocenters. The van der Waals surface area contributed by atoms with Crippen molar-refractivity contribution in [2.75, 3.05) is 13.7 Å². The fraction of sp³-hybridized carbons (Fsp3) is 0.538. The molecule has 35 heavy (non-hydrogen) atoms. The van der Waals surface area contributed by atoms with Gasteiger partial charge >= 0.3 is 11.9 Å². The number of esters is 2. The smallest absolute Gasteiger partial charge is 0.336 e. The summed E-state index contributed by atoms with van der Waals surface area (Å²) in [6.45, 7) is 9.34. The molecule has 0 bridgehead atoms. The van der Waals surface area contributed by atoms with Crippen molar-refractivity contribution in [1.82, 2.24) is 5.32 Å². The fourth-order valence-corrected chi connectivity index (χ4v) is 4.96. The van der Waals surface area contributed by atoms with E-state index in [1.54, 1.807) is 34.6 Å². The molecule has 1 aromatic carbocycles. The fourth-order valence-electron chi connectivity index (χ4n) is 4.96. The number of nitrogens with one attached hydrogen (secondary N) is 1. The van der Waals surface area contributed by atoms with Crippen LogP contribution in [0, 0.1) is 5.92 Å². The quantitative estimate of drug-likeness (QED) is 0.582. The third-order valence-electron chi connectivity index (χ3n) is 6.35. The summed E-state index contributed by atoms with van der Waals surface area (Å²) in [4.78, 5) is 26.1. The predicted octanol–water partition coefficient (Wildman–Crippen LogP) is 2.95. The van der Waals surface area contributed by atoms with Gasteiger partial charge in [0.2, 0.25) is 0 Å². The zero-order valence-corrected chi connectivity index (χ0v) is 21.0. The first-order valence-electron chi connectivity index (χ1n) is 11.8. The van der Waals surface area contributed by atoms with Crippen molar-refractivity contribution >= 4 is 11.9 Å². The molecule has 0 amide bonds. The van der Waals surface area contributed by atoms with Gasteiger partial charge in [0.05, 0.1) is 37.4 Å². The molecule has 0 saturated carbocycles. The Kier molecular flexibility index (Phi) is 7.32. The van der Waals surface area contributed by atoms with E-state index in [0.29, 0.717) is 11.4 Å². The molecule has 9 heteroatoms. The van der Waals surface area contributed by atoms with Crippen molar-refractivity contribution in [3.05, 3.63) is 58.4 Å². The van der Waals surface area contributed by atoms with E-state index in [1.165, 1.54) is 7.11 Å². The highest BCUT2D eigenvalue weighted by Gasteiger charge is 2.59. The van der Waals surface area contributed by atoms with E-state index in [9.17, 15) is 9.59 Å². The number of rotatable bonds is 7. The minimum atomic E-state index is -0.866. The van der Waals surface area contributed by atoms with Gasteiger partial charge in [-0.3, -0.25) is 0 Å². The van der Waals surface area contributed by atoms with Crippen molar-refractivity contribution in [1.29, 1.82) is 0 Å². The molecule has 3 aliphatic rings. The minimum Gasteiger partial charge on any atom is -0.466 e. The van der Waals surface area contributed by atoms with Gasteiger partial charge in [0.25, 0.3) is 0 Å². The Hall–Kier alpha value is -2.72. The van der Waals surface area contributed by atoms with Crippen molar-refractivity contribution in [2.24, 2.45) is 5.92 Å². The average Bonchev–Trinajstić information content (AvgIpc) is 3.28. The van der Waals surface area contributed by atoms with Crippen molar-refractivity contribution < 1.29 is 38.0 Å². The van der Waals surface area contributed by atoms with Crippen LogP contribution in [0.1, 0.15) is 40.2 Å². The lowest BCUT2D eigenvalue weighted by Crippen LogP contribution is -2.46. The van der Waals surface area contributed by atoms with Crippen LogP contribution in [0.4, 0.5) is 0 Å². The van der Waals surface area contributed by atoms with Crippen LogP contribution in [-0.2, 0) is 44.6 Å². The van der Waals surface area contributed by atoms with Crippen LogP contribution < -0.4 is 5.32 Å². The summed E-state index contributed by atoms with van der Waals surface area (Å²) < 4.78 is 35.3. The summed E-state index contributed by atoms with van der Waals surface area (Å²) in [5, 5.41) is 3.12. The second kappa shape index (κ2) is 10.1. The van der Waals surface area contributed by atoms with Gasteiger partial charge in [-0.05, 0) is 40.2 Å². The molecule has 1 aromatic rings. The third-order valence-corrected chi connectivity index (χ3v) is 6.35. The first-order chi connectivity index (χ1) is 16.7. The normalized spacial score (nSPS) is 29.6. The summed E-state index contributed by atoms with van der Waals surface area (Å²) in [5.74, 6) is -2.79. The molecule has 0 aromatic heterocycles. The third kappa shape index (κ3) is 4.99. The van der Waals surface area contributed by atoms with E-state index in [-0.39, 0.29) is 24.4 Å². The van der Waals surface area contributed by atoms with Gasteiger partial charge in [-0.1, -0.05) is 30.3 Å². The summed E-state index contributed by atoms with van der Waals surface area (Å²) in [6.07, 6.45) is -2.70. The van der Waals surface area contributed by atoms with Crippen LogP contribution in [0.5, 0.6) is 0 Å². The second-order valence-corrected chi connectivity index (χ2v) is 9.22. The maximum Gasteiger partial charge on any atom is 0.336 e. The maximum absolute atomic E-state index is 13.1. The maximum atomic E-state index is 13.1. The van der Waals surface area contributed by atoms with Gasteiger partial charge in [-0.2, -0.15) is 0 Å². The Morgan fingerprint density at radius 3 is 2.29 bits per heavy atom. The molecule has 0 radical (unpaired) electrons. The molecule has 2 fully saturated rings. The van der Waals surface area contributed by atoms with E-state index in [1.807, 2.05) is 30.3 Å². The summed E-state index contributed by atoms with van der Waals surface area (Å²) in [7, 11) is 1.30. The van der Waals surface area contributed by atoms with Gasteiger partial charge < -0.3 is 33.7 Å². The minimum absolute atomic E-state index is 0.184. The van der Waals surface area contributed by atoms with Crippen LogP contribution in [0.2, 0.25) is 0 Å². The van der Waals surface area contributed by atoms with Crippen LogP contribution in [0.3, 0.4) is 0 Å². The van der Waals surface area contributed by atoms with Crippen LogP contribution >= 0.6 is 0 Å². The highest BCUT2D eigenvalue weighted by molar-refractivity contribution is 5.98. The number of dihydropyridines is 1. The number of fused-ring (bicyclic) bond motifs is 1. The number of benzene rings is 1. The molecule has 0 unspecified atom stereocenters. The number of hydrogen-bond acceptors (Lipinski definition) is 9. The first-order valence-corrected chi connectivity index (χ1v) is 11.8. The Bertz CT molecular complexity index is 1030. The van der Waals surface area contributed by atoms with Gasteiger partial charge in [0.1, 0.15) is 18.3 Å². The topological polar surface area (TPSA) is 102 Å². The SMILES string of the molecule is CCOC(=O)C1=C(C)NC(C)=C(C(=O)OC)[C@@H]1[C@H]1O[C@@H]2OC(C)(C)O[C@@H]2[C@H]1OCc1ccccc1. The van der Waals surface area contributed by atoms with E-state index < -0.39 is 48.2 Å².